The van der Waals surface area contributed by atoms with Crippen LogP contribution in [0, 0.1) is 0 Å². The van der Waals surface area contributed by atoms with Crippen LogP contribution in [0.1, 0.15) is 5.56 Å². The SMILES string of the molecule is COc1ccc(N2C[C@@](CF)(c3ccccc3OC)OC2=O)cc1. The van der Waals surface area contributed by atoms with Crippen molar-refractivity contribution in [1.82, 2.24) is 0 Å². The number of hydrogen-bond acceptors (Lipinski definition) is 4. The van der Waals surface area contributed by atoms with Gasteiger partial charge in [0.05, 0.1) is 20.8 Å². The van der Waals surface area contributed by atoms with Gasteiger partial charge in [0.1, 0.15) is 18.2 Å². The van der Waals surface area contributed by atoms with E-state index in [2.05, 4.69) is 0 Å². The second-order valence-corrected chi connectivity index (χ2v) is 5.48. The van der Waals surface area contributed by atoms with Gasteiger partial charge in [-0.05, 0) is 30.3 Å². The summed E-state index contributed by atoms with van der Waals surface area (Å²) in [5.74, 6) is 1.16. The number of para-hydroxylation sites is 1. The predicted molar refractivity (Wildman–Crippen MR) is 87.5 cm³/mol. The Balaban J connectivity index is 1.96. The number of amides is 1. The van der Waals surface area contributed by atoms with Crippen molar-refractivity contribution >= 4 is 11.8 Å². The van der Waals surface area contributed by atoms with Crippen LogP contribution >= 0.6 is 0 Å². The van der Waals surface area contributed by atoms with Crippen molar-refractivity contribution in [3.63, 3.8) is 0 Å². The first-order chi connectivity index (χ1) is 11.6. The van der Waals surface area contributed by atoms with Gasteiger partial charge in [-0.3, -0.25) is 4.90 Å². The Bertz CT molecular complexity index is 734. The van der Waals surface area contributed by atoms with Crippen LogP contribution in [-0.4, -0.2) is 33.5 Å². The molecule has 1 amide bonds. The fraction of sp³-hybridized carbons (Fsp3) is 0.278. The number of alkyl halides is 1. The van der Waals surface area contributed by atoms with Crippen molar-refractivity contribution in [3.8, 4) is 11.5 Å². The Morgan fingerprint density at radius 2 is 1.83 bits per heavy atom. The van der Waals surface area contributed by atoms with Gasteiger partial charge in [0.15, 0.2) is 5.60 Å². The maximum atomic E-state index is 14.0. The van der Waals surface area contributed by atoms with Gasteiger partial charge in [-0.1, -0.05) is 18.2 Å². The van der Waals surface area contributed by atoms with E-state index in [0.717, 1.165) is 0 Å². The van der Waals surface area contributed by atoms with Gasteiger partial charge in [-0.25, -0.2) is 9.18 Å². The molecule has 6 heteroatoms. The third-order valence-electron chi connectivity index (χ3n) is 4.11. The molecule has 24 heavy (non-hydrogen) atoms. The third-order valence-corrected chi connectivity index (χ3v) is 4.11. The number of carbonyl (C=O) groups excluding carboxylic acids is 1. The fourth-order valence-electron chi connectivity index (χ4n) is 2.84. The molecule has 1 fully saturated rings. The Morgan fingerprint density at radius 1 is 1.12 bits per heavy atom. The van der Waals surface area contributed by atoms with Crippen LogP contribution < -0.4 is 14.4 Å². The average Bonchev–Trinajstić information content (AvgIpc) is 2.99. The molecule has 2 aromatic rings. The van der Waals surface area contributed by atoms with Gasteiger partial charge in [0, 0.05) is 11.3 Å². The summed E-state index contributed by atoms with van der Waals surface area (Å²) in [5, 5.41) is 0. The number of benzene rings is 2. The van der Waals surface area contributed by atoms with Crippen molar-refractivity contribution in [2.24, 2.45) is 0 Å². The molecule has 1 saturated heterocycles. The number of nitrogens with zero attached hydrogens (tertiary/aromatic N) is 1. The normalized spacial score (nSPS) is 20.0. The Kier molecular flexibility index (Phi) is 4.29. The summed E-state index contributed by atoms with van der Waals surface area (Å²) in [7, 11) is 3.07. The van der Waals surface area contributed by atoms with Crippen molar-refractivity contribution in [3.05, 3.63) is 54.1 Å². The summed E-state index contributed by atoms with van der Waals surface area (Å²) < 4.78 is 29.8. The summed E-state index contributed by atoms with van der Waals surface area (Å²) in [6.07, 6.45) is -0.594. The number of anilines is 1. The lowest BCUT2D eigenvalue weighted by Gasteiger charge is -2.25. The second kappa shape index (κ2) is 6.39. The fourth-order valence-corrected chi connectivity index (χ4v) is 2.84. The molecule has 0 bridgehead atoms. The molecule has 5 nitrogen and oxygen atoms in total. The van der Waals surface area contributed by atoms with Crippen LogP contribution in [0.2, 0.25) is 0 Å². The first-order valence-corrected chi connectivity index (χ1v) is 7.47. The molecule has 0 spiro atoms. The van der Waals surface area contributed by atoms with E-state index < -0.39 is 18.4 Å². The van der Waals surface area contributed by atoms with E-state index in [0.29, 0.717) is 22.7 Å². The first kappa shape index (κ1) is 16.1. The first-order valence-electron chi connectivity index (χ1n) is 7.47. The molecule has 0 unspecified atom stereocenters. The van der Waals surface area contributed by atoms with Crippen molar-refractivity contribution < 1.29 is 23.4 Å². The van der Waals surface area contributed by atoms with Gasteiger partial charge in [-0.15, -0.1) is 0 Å². The highest BCUT2D eigenvalue weighted by molar-refractivity contribution is 5.90. The van der Waals surface area contributed by atoms with Gasteiger partial charge >= 0.3 is 6.09 Å². The van der Waals surface area contributed by atoms with Gasteiger partial charge < -0.3 is 14.2 Å². The van der Waals surface area contributed by atoms with Crippen molar-refractivity contribution in [1.29, 1.82) is 0 Å². The van der Waals surface area contributed by atoms with Crippen LogP contribution in [-0.2, 0) is 10.3 Å². The highest BCUT2D eigenvalue weighted by Gasteiger charge is 2.49. The number of carbonyl (C=O) groups is 1. The number of hydrogen-bond donors (Lipinski definition) is 0. The molecule has 0 aromatic heterocycles. The molecule has 0 radical (unpaired) electrons. The summed E-state index contributed by atoms with van der Waals surface area (Å²) in [6, 6.07) is 13.9. The summed E-state index contributed by atoms with van der Waals surface area (Å²) in [5.41, 5.74) is -0.255. The lowest BCUT2D eigenvalue weighted by Crippen LogP contribution is -2.34. The molecular weight excluding hydrogens is 313 g/mol. The molecule has 3 rings (SSSR count). The molecule has 1 aliphatic rings. The molecule has 1 heterocycles. The zero-order valence-electron chi connectivity index (χ0n) is 13.5. The molecular formula is C18H18FNO4. The molecule has 1 aliphatic heterocycles. The number of ether oxygens (including phenoxy) is 3. The summed E-state index contributed by atoms with van der Waals surface area (Å²) in [6.45, 7) is -0.777. The topological polar surface area (TPSA) is 48.0 Å². The quantitative estimate of drug-likeness (QED) is 0.841. The minimum atomic E-state index is -1.39. The smallest absolute Gasteiger partial charge is 0.415 e. The highest BCUT2D eigenvalue weighted by atomic mass is 19.1. The monoisotopic (exact) mass is 331 g/mol. The van der Waals surface area contributed by atoms with Crippen LogP contribution in [0.15, 0.2) is 48.5 Å². The lowest BCUT2D eigenvalue weighted by atomic mass is 9.94. The van der Waals surface area contributed by atoms with E-state index in [4.69, 9.17) is 14.2 Å². The number of rotatable bonds is 5. The zero-order valence-corrected chi connectivity index (χ0v) is 13.5. The molecule has 1 atom stereocenters. The second-order valence-electron chi connectivity index (χ2n) is 5.48. The zero-order chi connectivity index (χ0) is 17.2. The number of cyclic esters (lactones) is 1. The van der Waals surface area contributed by atoms with Crippen LogP contribution in [0.5, 0.6) is 11.5 Å². The molecule has 0 saturated carbocycles. The standard InChI is InChI=1S/C18H18FNO4/c1-22-14-9-7-13(8-10-14)20-12-18(11-19,24-17(20)21)15-5-3-4-6-16(15)23-2/h3-10H,11-12H2,1-2H3/t18-/m0/s1. The van der Waals surface area contributed by atoms with E-state index >= 15 is 0 Å². The molecule has 126 valence electrons. The van der Waals surface area contributed by atoms with Crippen LogP contribution in [0.25, 0.3) is 0 Å². The van der Waals surface area contributed by atoms with Crippen molar-refractivity contribution in [2.75, 3.05) is 32.3 Å². The van der Waals surface area contributed by atoms with E-state index in [9.17, 15) is 9.18 Å². The third kappa shape index (κ3) is 2.64. The van der Waals surface area contributed by atoms with Gasteiger partial charge in [0.25, 0.3) is 0 Å². The maximum absolute atomic E-state index is 14.0. The predicted octanol–water partition coefficient (Wildman–Crippen LogP) is 3.53. The molecule has 2 aromatic carbocycles. The summed E-state index contributed by atoms with van der Waals surface area (Å²) >= 11 is 0. The van der Waals surface area contributed by atoms with E-state index in [1.807, 2.05) is 0 Å². The Morgan fingerprint density at radius 3 is 2.46 bits per heavy atom. The van der Waals surface area contributed by atoms with Gasteiger partial charge in [-0.2, -0.15) is 0 Å². The highest BCUT2D eigenvalue weighted by Crippen LogP contribution is 2.40. The van der Waals surface area contributed by atoms with E-state index in [-0.39, 0.29) is 6.54 Å². The van der Waals surface area contributed by atoms with Crippen LogP contribution in [0.3, 0.4) is 0 Å². The maximum Gasteiger partial charge on any atom is 0.415 e. The minimum Gasteiger partial charge on any atom is -0.497 e. The average molecular weight is 331 g/mol. The lowest BCUT2D eigenvalue weighted by molar-refractivity contribution is 0.0305. The molecule has 0 aliphatic carbocycles. The van der Waals surface area contributed by atoms with Crippen molar-refractivity contribution in [2.45, 2.75) is 5.60 Å². The number of methoxy groups -OCH3 is 2. The summed E-state index contributed by atoms with van der Waals surface area (Å²) in [4.78, 5) is 13.7. The van der Waals surface area contributed by atoms with E-state index in [1.54, 1.807) is 55.6 Å². The van der Waals surface area contributed by atoms with Crippen LogP contribution in [0.4, 0.5) is 14.9 Å². The Hall–Kier alpha value is -2.76. The largest absolute Gasteiger partial charge is 0.497 e. The van der Waals surface area contributed by atoms with E-state index in [1.165, 1.54) is 12.0 Å². The Labute approximate surface area is 139 Å². The molecule has 0 N–H and O–H groups in total. The number of halogens is 1. The minimum absolute atomic E-state index is 0.0645. The van der Waals surface area contributed by atoms with Gasteiger partial charge in [0.2, 0.25) is 0 Å².